The minimum absolute atomic E-state index is 0.0304. The van der Waals surface area contributed by atoms with Crippen LogP contribution in [0.4, 0.5) is 11.4 Å². The van der Waals surface area contributed by atoms with Crippen molar-refractivity contribution in [3.8, 4) is 17.2 Å². The Kier molecular flexibility index (Phi) is 7.68. The Morgan fingerprint density at radius 3 is 2.15 bits per heavy atom. The van der Waals surface area contributed by atoms with Crippen molar-refractivity contribution in [3.05, 3.63) is 71.8 Å². The fourth-order valence-corrected chi connectivity index (χ4v) is 4.16. The minimum Gasteiger partial charge on any atom is -0.497 e. The zero-order valence-corrected chi connectivity index (χ0v) is 20.5. The van der Waals surface area contributed by atoms with Crippen LogP contribution in [-0.4, -0.2) is 34.6 Å². The third-order valence-corrected chi connectivity index (χ3v) is 6.63. The number of carbonyl (C=O) groups excluding carboxylic acids is 1. The van der Waals surface area contributed by atoms with E-state index in [9.17, 15) is 13.2 Å². The van der Waals surface area contributed by atoms with Crippen LogP contribution in [0, 0.1) is 13.8 Å². The molecule has 0 saturated carbocycles. The highest BCUT2D eigenvalue weighted by atomic mass is 32.2. The number of aryl methyl sites for hydroxylation is 2. The third-order valence-electron chi connectivity index (χ3n) is 5.25. The van der Waals surface area contributed by atoms with Crippen molar-refractivity contribution in [2.45, 2.75) is 31.8 Å². The van der Waals surface area contributed by atoms with E-state index in [1.807, 2.05) is 32.0 Å². The smallest absolute Gasteiger partial charge is 0.265 e. The molecular formula is C25H28N2O6S. The second-order valence-corrected chi connectivity index (χ2v) is 9.37. The van der Waals surface area contributed by atoms with E-state index in [4.69, 9.17) is 14.2 Å². The highest BCUT2D eigenvalue weighted by Gasteiger charge is 2.19. The number of nitrogens with one attached hydrogen (secondary N) is 2. The van der Waals surface area contributed by atoms with Crippen LogP contribution in [0.5, 0.6) is 17.2 Å². The van der Waals surface area contributed by atoms with Gasteiger partial charge in [0.25, 0.3) is 15.9 Å². The van der Waals surface area contributed by atoms with Gasteiger partial charge in [-0.15, -0.1) is 0 Å². The van der Waals surface area contributed by atoms with E-state index in [0.717, 1.165) is 11.1 Å². The van der Waals surface area contributed by atoms with Crippen LogP contribution in [0.15, 0.2) is 65.6 Å². The first-order valence-electron chi connectivity index (χ1n) is 10.5. The van der Waals surface area contributed by atoms with Crippen molar-refractivity contribution in [1.82, 2.24) is 0 Å². The van der Waals surface area contributed by atoms with Gasteiger partial charge in [-0.25, -0.2) is 8.42 Å². The monoisotopic (exact) mass is 484 g/mol. The van der Waals surface area contributed by atoms with E-state index in [0.29, 0.717) is 22.9 Å². The summed E-state index contributed by atoms with van der Waals surface area (Å²) in [7, 11) is -0.935. The molecule has 0 aliphatic rings. The molecule has 0 aliphatic carbocycles. The van der Waals surface area contributed by atoms with Crippen molar-refractivity contribution in [3.63, 3.8) is 0 Å². The first-order chi connectivity index (χ1) is 16.1. The van der Waals surface area contributed by atoms with Gasteiger partial charge in [0.2, 0.25) is 0 Å². The van der Waals surface area contributed by atoms with Crippen molar-refractivity contribution < 1.29 is 27.4 Å². The summed E-state index contributed by atoms with van der Waals surface area (Å²) in [4.78, 5) is 12.6. The molecule has 180 valence electrons. The summed E-state index contributed by atoms with van der Waals surface area (Å²) >= 11 is 0. The van der Waals surface area contributed by atoms with Crippen LogP contribution < -0.4 is 24.2 Å². The normalized spacial score (nSPS) is 11.9. The van der Waals surface area contributed by atoms with Crippen LogP contribution in [0.3, 0.4) is 0 Å². The fraction of sp³-hybridized carbons (Fsp3) is 0.240. The molecule has 0 saturated heterocycles. The minimum atomic E-state index is -3.88. The van der Waals surface area contributed by atoms with Gasteiger partial charge in [0.05, 0.1) is 24.8 Å². The fourth-order valence-electron chi connectivity index (χ4n) is 3.09. The average molecular weight is 485 g/mol. The SMILES string of the molecule is COc1ccc(NS(=O)(=O)c2ccc(NC(=O)[C@@H](C)Oc3ccc(C)c(C)c3)cc2)c(OC)c1. The predicted molar refractivity (Wildman–Crippen MR) is 131 cm³/mol. The van der Waals surface area contributed by atoms with Gasteiger partial charge in [0.15, 0.2) is 6.10 Å². The summed E-state index contributed by atoms with van der Waals surface area (Å²) < 4.78 is 44.2. The average Bonchev–Trinajstić information content (AvgIpc) is 2.81. The molecule has 3 rings (SSSR count). The summed E-state index contributed by atoms with van der Waals surface area (Å²) in [6, 6.07) is 16.2. The Balaban J connectivity index is 1.66. The lowest BCUT2D eigenvalue weighted by molar-refractivity contribution is -0.122. The Bertz CT molecular complexity index is 1270. The number of rotatable bonds is 9. The van der Waals surface area contributed by atoms with E-state index in [2.05, 4.69) is 10.0 Å². The largest absolute Gasteiger partial charge is 0.497 e. The second-order valence-electron chi connectivity index (χ2n) is 7.69. The second kappa shape index (κ2) is 10.5. The Labute approximate surface area is 199 Å². The summed E-state index contributed by atoms with van der Waals surface area (Å²) in [5, 5.41) is 2.73. The topological polar surface area (TPSA) is 103 Å². The predicted octanol–water partition coefficient (Wildman–Crippen LogP) is 4.53. The molecule has 0 fully saturated rings. The molecule has 0 bridgehead atoms. The maximum absolute atomic E-state index is 12.8. The number of hydrogen-bond acceptors (Lipinski definition) is 6. The summed E-state index contributed by atoms with van der Waals surface area (Å²) in [5.41, 5.74) is 2.93. The highest BCUT2D eigenvalue weighted by Crippen LogP contribution is 2.31. The molecule has 8 nitrogen and oxygen atoms in total. The van der Waals surface area contributed by atoms with Crippen LogP contribution in [0.2, 0.25) is 0 Å². The van der Waals surface area contributed by atoms with Crippen LogP contribution in [0.25, 0.3) is 0 Å². The van der Waals surface area contributed by atoms with Gasteiger partial charge in [0, 0.05) is 11.8 Å². The molecule has 0 radical (unpaired) electrons. The van der Waals surface area contributed by atoms with E-state index in [1.165, 1.54) is 38.5 Å². The number of amides is 1. The maximum atomic E-state index is 12.8. The van der Waals surface area contributed by atoms with Gasteiger partial charge in [-0.2, -0.15) is 0 Å². The first kappa shape index (κ1) is 24.9. The Hall–Kier alpha value is -3.72. The van der Waals surface area contributed by atoms with Crippen LogP contribution >= 0.6 is 0 Å². The van der Waals surface area contributed by atoms with Gasteiger partial charge < -0.3 is 19.5 Å². The highest BCUT2D eigenvalue weighted by molar-refractivity contribution is 7.92. The lowest BCUT2D eigenvalue weighted by Crippen LogP contribution is -2.30. The van der Waals surface area contributed by atoms with Crippen LogP contribution in [0.1, 0.15) is 18.1 Å². The molecule has 34 heavy (non-hydrogen) atoms. The van der Waals surface area contributed by atoms with Crippen molar-refractivity contribution in [2.24, 2.45) is 0 Å². The standard InChI is InChI=1S/C25H28N2O6S/c1-16-6-9-21(14-17(16)2)33-18(3)25(28)26-19-7-11-22(12-8-19)34(29,30)27-23-13-10-20(31-4)15-24(23)32-5/h6-15,18,27H,1-5H3,(H,26,28)/t18-/m1/s1. The number of hydrogen-bond donors (Lipinski definition) is 2. The quantitative estimate of drug-likeness (QED) is 0.463. The summed E-state index contributed by atoms with van der Waals surface area (Å²) in [5.74, 6) is 1.11. The van der Waals surface area contributed by atoms with Gasteiger partial charge in [-0.3, -0.25) is 9.52 Å². The third kappa shape index (κ3) is 5.99. The summed E-state index contributed by atoms with van der Waals surface area (Å²) in [6.45, 7) is 5.62. The molecule has 0 spiro atoms. The van der Waals surface area contributed by atoms with Gasteiger partial charge in [-0.1, -0.05) is 6.07 Å². The molecular weight excluding hydrogens is 456 g/mol. The van der Waals surface area contributed by atoms with Gasteiger partial charge >= 0.3 is 0 Å². The maximum Gasteiger partial charge on any atom is 0.265 e. The molecule has 1 amide bonds. The molecule has 0 heterocycles. The van der Waals surface area contributed by atoms with E-state index in [1.54, 1.807) is 25.1 Å². The molecule has 9 heteroatoms. The van der Waals surface area contributed by atoms with Crippen LogP contribution in [-0.2, 0) is 14.8 Å². The number of sulfonamides is 1. The number of anilines is 2. The van der Waals surface area contributed by atoms with E-state index < -0.39 is 16.1 Å². The molecule has 0 aromatic heterocycles. The molecule has 3 aromatic rings. The van der Waals surface area contributed by atoms with Crippen molar-refractivity contribution >= 4 is 27.3 Å². The number of ether oxygens (including phenoxy) is 3. The zero-order valence-electron chi connectivity index (χ0n) is 19.7. The Morgan fingerprint density at radius 1 is 0.853 bits per heavy atom. The van der Waals surface area contributed by atoms with Crippen molar-refractivity contribution in [2.75, 3.05) is 24.3 Å². The molecule has 0 unspecified atom stereocenters. The molecule has 1 atom stereocenters. The number of benzene rings is 3. The molecule has 3 aromatic carbocycles. The lowest BCUT2D eigenvalue weighted by Gasteiger charge is -2.16. The van der Waals surface area contributed by atoms with Gasteiger partial charge in [0.1, 0.15) is 17.2 Å². The number of methoxy groups -OCH3 is 2. The van der Waals surface area contributed by atoms with E-state index in [-0.39, 0.29) is 16.5 Å². The molecule has 2 N–H and O–H groups in total. The van der Waals surface area contributed by atoms with Crippen molar-refractivity contribution in [1.29, 1.82) is 0 Å². The first-order valence-corrected chi connectivity index (χ1v) is 12.0. The number of carbonyl (C=O) groups is 1. The van der Waals surface area contributed by atoms with Gasteiger partial charge in [-0.05, 0) is 80.4 Å². The molecule has 0 aliphatic heterocycles. The van der Waals surface area contributed by atoms with E-state index >= 15 is 0 Å². The Morgan fingerprint density at radius 2 is 1.53 bits per heavy atom. The lowest BCUT2D eigenvalue weighted by atomic mass is 10.1. The zero-order chi connectivity index (χ0) is 24.9. The summed E-state index contributed by atoms with van der Waals surface area (Å²) in [6.07, 6.45) is -0.741.